The molecule has 1 saturated carbocycles. The summed E-state index contributed by atoms with van der Waals surface area (Å²) in [5, 5.41) is 22.3. The van der Waals surface area contributed by atoms with Crippen molar-refractivity contribution < 1.29 is 19.7 Å². The molecular weight excluding hydrogens is 440 g/mol. The fourth-order valence-corrected chi connectivity index (χ4v) is 5.92. The number of carbonyl (C=O) groups is 1. The number of ether oxygens (including phenoxy) is 1. The minimum Gasteiger partial charge on any atom is -0.508 e. The summed E-state index contributed by atoms with van der Waals surface area (Å²) >= 11 is 0. The van der Waals surface area contributed by atoms with E-state index in [1.165, 1.54) is 0 Å². The van der Waals surface area contributed by atoms with Gasteiger partial charge in [-0.05, 0) is 73.7 Å². The van der Waals surface area contributed by atoms with E-state index >= 15 is 0 Å². The van der Waals surface area contributed by atoms with Crippen LogP contribution in [0.3, 0.4) is 0 Å². The van der Waals surface area contributed by atoms with Gasteiger partial charge in [-0.25, -0.2) is 0 Å². The quantitative estimate of drug-likeness (QED) is 0.467. The number of phenols is 1. The Kier molecular flexibility index (Phi) is 7.33. The zero-order valence-electron chi connectivity index (χ0n) is 20.7. The second-order valence-electron chi connectivity index (χ2n) is 9.89. The summed E-state index contributed by atoms with van der Waals surface area (Å²) in [6, 6.07) is 14.8. The summed E-state index contributed by atoms with van der Waals surface area (Å²) in [5.74, 6) is 0.870. The van der Waals surface area contributed by atoms with Gasteiger partial charge in [-0.1, -0.05) is 30.3 Å². The average molecular weight is 477 g/mol. The maximum atomic E-state index is 13.1. The number of carbonyl (C=O) groups excluding carboxylic acids is 1. The third-order valence-corrected chi connectivity index (χ3v) is 7.90. The number of hydrogen-bond donors (Lipinski definition) is 2. The van der Waals surface area contributed by atoms with E-state index < -0.39 is 11.0 Å². The van der Waals surface area contributed by atoms with Gasteiger partial charge in [0.05, 0.1) is 12.7 Å². The number of likely N-dealkylation sites (tertiary alicyclic amines) is 1. The minimum absolute atomic E-state index is 0.0222. The number of β-amino-alcohol motifs (C(OH)–C–C–N with tert-alkyl or cyclic N) is 1. The summed E-state index contributed by atoms with van der Waals surface area (Å²) in [6.45, 7) is 5.96. The summed E-state index contributed by atoms with van der Waals surface area (Å²) in [4.78, 5) is 17.2. The molecule has 2 fully saturated rings. The normalized spacial score (nSPS) is 26.8. The van der Waals surface area contributed by atoms with Crippen LogP contribution >= 0.6 is 0 Å². The molecular formula is C29H36N2O4. The van der Waals surface area contributed by atoms with E-state index in [1.54, 1.807) is 36.3 Å². The molecule has 6 heteroatoms. The van der Waals surface area contributed by atoms with Crippen molar-refractivity contribution in [1.29, 1.82) is 0 Å². The van der Waals surface area contributed by atoms with Crippen molar-refractivity contribution in [2.75, 3.05) is 33.8 Å². The van der Waals surface area contributed by atoms with Gasteiger partial charge in [0.25, 0.3) is 0 Å². The Bertz CT molecular complexity index is 1100. The lowest BCUT2D eigenvalue weighted by atomic mass is 9.55. The zero-order valence-corrected chi connectivity index (χ0v) is 20.7. The highest BCUT2D eigenvalue weighted by Crippen LogP contribution is 2.52. The van der Waals surface area contributed by atoms with E-state index in [2.05, 4.69) is 11.5 Å². The molecule has 1 amide bonds. The van der Waals surface area contributed by atoms with Gasteiger partial charge in [-0.2, -0.15) is 0 Å². The number of fused-ring (bicyclic) bond motifs is 1. The second-order valence-corrected chi connectivity index (χ2v) is 9.89. The van der Waals surface area contributed by atoms with Crippen molar-refractivity contribution in [2.24, 2.45) is 0 Å². The highest BCUT2D eigenvalue weighted by Gasteiger charge is 2.58. The van der Waals surface area contributed by atoms with E-state index in [0.717, 1.165) is 36.4 Å². The van der Waals surface area contributed by atoms with Crippen LogP contribution in [0.2, 0.25) is 0 Å². The van der Waals surface area contributed by atoms with Crippen molar-refractivity contribution in [3.8, 4) is 11.5 Å². The summed E-state index contributed by atoms with van der Waals surface area (Å²) < 4.78 is 5.27. The molecule has 4 rings (SSSR count). The third kappa shape index (κ3) is 5.00. The van der Waals surface area contributed by atoms with E-state index in [4.69, 9.17) is 4.74 Å². The van der Waals surface area contributed by atoms with Crippen LogP contribution in [0.5, 0.6) is 11.5 Å². The molecule has 6 nitrogen and oxygen atoms in total. The third-order valence-electron chi connectivity index (χ3n) is 7.90. The molecule has 1 saturated heterocycles. The molecule has 1 aliphatic carbocycles. The smallest absolute Gasteiger partial charge is 0.246 e. The minimum atomic E-state index is -0.946. The van der Waals surface area contributed by atoms with E-state index in [0.29, 0.717) is 25.8 Å². The number of aliphatic hydroxyl groups is 1. The first kappa shape index (κ1) is 25.0. The Morgan fingerprint density at radius 2 is 2.06 bits per heavy atom. The van der Waals surface area contributed by atoms with Crippen LogP contribution in [0.15, 0.2) is 67.3 Å². The van der Waals surface area contributed by atoms with Crippen LogP contribution in [-0.4, -0.2) is 71.4 Å². The number of benzene rings is 2. The largest absolute Gasteiger partial charge is 0.508 e. The first-order valence-corrected chi connectivity index (χ1v) is 12.2. The molecule has 1 aliphatic heterocycles. The van der Waals surface area contributed by atoms with Crippen LogP contribution in [0.25, 0.3) is 6.08 Å². The van der Waals surface area contributed by atoms with Gasteiger partial charge < -0.3 is 19.8 Å². The van der Waals surface area contributed by atoms with E-state index in [1.807, 2.05) is 49.5 Å². The first-order valence-electron chi connectivity index (χ1n) is 12.2. The van der Waals surface area contributed by atoms with Gasteiger partial charge in [0.2, 0.25) is 5.91 Å². The maximum absolute atomic E-state index is 13.1. The zero-order chi connectivity index (χ0) is 25.1. The van der Waals surface area contributed by atoms with Gasteiger partial charge in [0.15, 0.2) is 0 Å². The van der Waals surface area contributed by atoms with Crippen molar-refractivity contribution in [2.45, 2.75) is 42.7 Å². The molecule has 0 spiro atoms. The molecule has 0 radical (unpaired) electrons. The van der Waals surface area contributed by atoms with E-state index in [9.17, 15) is 15.0 Å². The van der Waals surface area contributed by atoms with Crippen LogP contribution in [-0.2, 0) is 10.2 Å². The molecule has 1 heterocycles. The Morgan fingerprint density at radius 1 is 1.26 bits per heavy atom. The van der Waals surface area contributed by atoms with Crippen LogP contribution in [0.4, 0.5) is 0 Å². The summed E-state index contributed by atoms with van der Waals surface area (Å²) in [5.41, 5.74) is 0.349. The lowest BCUT2D eigenvalue weighted by Gasteiger charge is -2.58. The predicted octanol–water partition coefficient (Wildman–Crippen LogP) is 3.99. The van der Waals surface area contributed by atoms with Gasteiger partial charge >= 0.3 is 0 Å². The fourth-order valence-electron chi connectivity index (χ4n) is 5.92. The lowest BCUT2D eigenvalue weighted by molar-refractivity contribution is -0.143. The van der Waals surface area contributed by atoms with Crippen molar-refractivity contribution in [3.05, 3.63) is 78.4 Å². The average Bonchev–Trinajstić information content (AvgIpc) is 2.86. The molecule has 35 heavy (non-hydrogen) atoms. The number of methoxy groups -OCH3 is 1. The molecule has 0 bridgehead atoms. The van der Waals surface area contributed by atoms with Crippen LogP contribution in [0.1, 0.15) is 36.8 Å². The molecule has 2 N–H and O–H groups in total. The lowest BCUT2D eigenvalue weighted by Crippen LogP contribution is -2.67. The number of piperidine rings is 1. The van der Waals surface area contributed by atoms with Gasteiger partial charge in [-0.15, -0.1) is 6.58 Å². The highest BCUT2D eigenvalue weighted by atomic mass is 16.5. The van der Waals surface area contributed by atoms with Gasteiger partial charge in [0, 0.05) is 37.7 Å². The van der Waals surface area contributed by atoms with Crippen LogP contribution in [0, 0.1) is 0 Å². The van der Waals surface area contributed by atoms with Crippen molar-refractivity contribution >= 4 is 12.0 Å². The maximum Gasteiger partial charge on any atom is 0.246 e. The number of likely N-dealkylation sites (N-methyl/N-ethyl adjacent to an activating group) is 1. The van der Waals surface area contributed by atoms with Gasteiger partial charge in [0.1, 0.15) is 11.5 Å². The molecule has 0 unspecified atom stereocenters. The predicted molar refractivity (Wildman–Crippen MR) is 138 cm³/mol. The molecule has 186 valence electrons. The number of aromatic hydroxyl groups is 1. The number of amides is 1. The second kappa shape index (κ2) is 10.3. The molecule has 2 aromatic carbocycles. The topological polar surface area (TPSA) is 73.2 Å². The molecule has 3 atom stereocenters. The Labute approximate surface area is 208 Å². The Balaban J connectivity index is 1.58. The van der Waals surface area contributed by atoms with Crippen molar-refractivity contribution in [3.63, 3.8) is 0 Å². The SMILES string of the molecule is C=CCN1CC[C@@]2(c3cccc(O)c3)C[C@H](N(C)C(=O)C=Cc3cccc(OC)c3)CC[C@]2(O)C1. The number of phenolic OH excluding ortho intramolecular Hbond substituents is 1. The standard InChI is InChI=1S/C29H36N2O4/c1-4-16-31-17-15-28(23-8-6-9-25(32)19-23)20-24(13-14-29(28,34)21-31)30(2)27(33)12-11-22-7-5-10-26(18-22)35-3/h4-12,18-19,24,32,34H,1,13-17,20-21H2,2-3H3/t24-,28+,29+/m1/s1. The fraction of sp³-hybridized carbons (Fsp3) is 0.414. The van der Waals surface area contributed by atoms with E-state index in [-0.39, 0.29) is 17.7 Å². The Hall–Kier alpha value is -3.09. The number of hydrogen-bond acceptors (Lipinski definition) is 5. The molecule has 2 aromatic rings. The summed E-state index contributed by atoms with van der Waals surface area (Å²) in [6.07, 6.45) is 7.97. The molecule has 0 aromatic heterocycles. The number of nitrogens with zero attached hydrogens (tertiary/aromatic N) is 2. The monoisotopic (exact) mass is 476 g/mol. The van der Waals surface area contributed by atoms with Gasteiger partial charge in [-0.3, -0.25) is 9.69 Å². The summed E-state index contributed by atoms with van der Waals surface area (Å²) in [7, 11) is 3.46. The van der Waals surface area contributed by atoms with Crippen molar-refractivity contribution in [1.82, 2.24) is 9.80 Å². The number of rotatable bonds is 7. The van der Waals surface area contributed by atoms with Crippen LogP contribution < -0.4 is 4.74 Å². The molecule has 2 aliphatic rings. The highest BCUT2D eigenvalue weighted by molar-refractivity contribution is 5.91. The Morgan fingerprint density at radius 3 is 2.80 bits per heavy atom. The first-order chi connectivity index (χ1) is 16.8.